The summed E-state index contributed by atoms with van der Waals surface area (Å²) in [6.45, 7) is 0. The summed E-state index contributed by atoms with van der Waals surface area (Å²) in [4.78, 5) is 4.99. The third-order valence-corrected chi connectivity index (χ3v) is 5.53. The summed E-state index contributed by atoms with van der Waals surface area (Å²) in [6.07, 6.45) is 0. The second kappa shape index (κ2) is 4.96. The van der Waals surface area contributed by atoms with Gasteiger partial charge in [0.05, 0.1) is 16.6 Å². The normalized spacial score (nSPS) is 12.0. The van der Waals surface area contributed by atoms with Crippen molar-refractivity contribution >= 4 is 60.7 Å². The first-order chi connectivity index (χ1) is 12.8. The quantitative estimate of drug-likeness (QED) is 0.281. The van der Waals surface area contributed by atoms with E-state index in [1.165, 1.54) is 5.39 Å². The van der Waals surface area contributed by atoms with Crippen LogP contribution in [0.25, 0.3) is 49.1 Å². The van der Waals surface area contributed by atoms with Gasteiger partial charge in [0.2, 0.25) is 0 Å². The molecule has 26 heavy (non-hydrogen) atoms. The molecule has 0 amide bonds. The maximum atomic E-state index is 6.64. The Morgan fingerprint density at radius 2 is 1.31 bits per heavy atom. The Labute approximate surface area is 154 Å². The van der Waals surface area contributed by atoms with Crippen LogP contribution in [0.4, 0.5) is 0 Å². The minimum Gasteiger partial charge on any atom is -0.292 e. The highest BCUT2D eigenvalue weighted by Gasteiger charge is 2.16. The fourth-order valence-electron chi connectivity index (χ4n) is 4.12. The van der Waals surface area contributed by atoms with Crippen molar-refractivity contribution in [2.24, 2.45) is 0 Å². The molecule has 0 fully saturated rings. The van der Waals surface area contributed by atoms with Crippen molar-refractivity contribution in [1.29, 1.82) is 0 Å². The summed E-state index contributed by atoms with van der Waals surface area (Å²) >= 11 is 6.64. The van der Waals surface area contributed by atoms with E-state index in [1.807, 2.05) is 12.1 Å². The molecule has 3 heteroatoms. The van der Waals surface area contributed by atoms with E-state index in [9.17, 15) is 0 Å². The Kier molecular flexibility index (Phi) is 2.69. The van der Waals surface area contributed by atoms with E-state index in [0.717, 1.165) is 48.8 Å². The smallest absolute Gasteiger partial charge is 0.147 e. The number of rotatable bonds is 0. The van der Waals surface area contributed by atoms with Crippen LogP contribution in [-0.4, -0.2) is 9.38 Å². The standard InChI is InChI=1S/C23H13ClN2/c24-18-13-17-15-8-3-5-11-20(15)26-21-12-6-4-10-19(21)25-23(26)22(17)16-9-2-1-7-14(16)18/h1-13H. The van der Waals surface area contributed by atoms with Crippen LogP contribution in [-0.2, 0) is 0 Å². The third kappa shape index (κ3) is 1.69. The SMILES string of the molecule is Clc1cc2c3ccccc3n3c4ccccc4nc3c2c2ccccc12. The number of nitrogens with zero attached hydrogens (tertiary/aromatic N) is 2. The molecule has 0 saturated heterocycles. The van der Waals surface area contributed by atoms with Gasteiger partial charge in [0.1, 0.15) is 5.65 Å². The number of pyridine rings is 1. The number of para-hydroxylation sites is 3. The highest BCUT2D eigenvalue weighted by atomic mass is 35.5. The first-order valence-electron chi connectivity index (χ1n) is 8.62. The average Bonchev–Trinajstić information content (AvgIpc) is 3.08. The molecule has 6 rings (SSSR count). The average molecular weight is 353 g/mol. The largest absolute Gasteiger partial charge is 0.292 e. The van der Waals surface area contributed by atoms with Crippen LogP contribution in [0.1, 0.15) is 0 Å². The van der Waals surface area contributed by atoms with Crippen molar-refractivity contribution in [3.8, 4) is 0 Å². The minimum atomic E-state index is 0.777. The zero-order valence-corrected chi connectivity index (χ0v) is 14.5. The summed E-state index contributed by atoms with van der Waals surface area (Å²) in [6, 6.07) is 27.2. The Hall–Kier alpha value is -3.10. The highest BCUT2D eigenvalue weighted by Crippen LogP contribution is 2.39. The van der Waals surface area contributed by atoms with E-state index in [0.29, 0.717) is 0 Å². The van der Waals surface area contributed by atoms with Crippen molar-refractivity contribution in [3.63, 3.8) is 0 Å². The molecule has 2 nitrogen and oxygen atoms in total. The Balaban J connectivity index is 2.08. The van der Waals surface area contributed by atoms with Crippen molar-refractivity contribution < 1.29 is 0 Å². The number of benzene rings is 4. The second-order valence-electron chi connectivity index (χ2n) is 6.60. The van der Waals surface area contributed by atoms with Gasteiger partial charge in [0.15, 0.2) is 0 Å². The molecule has 0 spiro atoms. The van der Waals surface area contributed by atoms with E-state index >= 15 is 0 Å². The van der Waals surface area contributed by atoms with Crippen LogP contribution in [0.3, 0.4) is 0 Å². The summed E-state index contributed by atoms with van der Waals surface area (Å²) in [7, 11) is 0. The van der Waals surface area contributed by atoms with E-state index in [-0.39, 0.29) is 0 Å². The molecule has 0 aliphatic rings. The summed E-state index contributed by atoms with van der Waals surface area (Å²) < 4.78 is 2.27. The number of imidazole rings is 1. The lowest BCUT2D eigenvalue weighted by molar-refractivity contribution is 1.32. The van der Waals surface area contributed by atoms with Crippen molar-refractivity contribution in [2.75, 3.05) is 0 Å². The van der Waals surface area contributed by atoms with Crippen molar-refractivity contribution in [3.05, 3.63) is 83.9 Å². The summed E-state index contributed by atoms with van der Waals surface area (Å²) in [5.74, 6) is 0. The van der Waals surface area contributed by atoms with Crippen molar-refractivity contribution in [2.45, 2.75) is 0 Å². The molecule has 4 aromatic carbocycles. The van der Waals surface area contributed by atoms with Gasteiger partial charge < -0.3 is 0 Å². The molecule has 6 aromatic rings. The van der Waals surface area contributed by atoms with Gasteiger partial charge in [-0.3, -0.25) is 4.40 Å². The zero-order chi connectivity index (χ0) is 17.3. The molecular formula is C23H13ClN2. The molecule has 122 valence electrons. The van der Waals surface area contributed by atoms with Crippen LogP contribution in [0, 0.1) is 0 Å². The molecule has 0 aliphatic heterocycles. The highest BCUT2D eigenvalue weighted by molar-refractivity contribution is 6.39. The van der Waals surface area contributed by atoms with Crippen LogP contribution in [0.2, 0.25) is 5.02 Å². The molecule has 2 aromatic heterocycles. The van der Waals surface area contributed by atoms with Gasteiger partial charge in [-0.15, -0.1) is 0 Å². The molecule has 2 heterocycles. The maximum Gasteiger partial charge on any atom is 0.147 e. The lowest BCUT2D eigenvalue weighted by Crippen LogP contribution is -1.92. The molecule has 0 radical (unpaired) electrons. The minimum absolute atomic E-state index is 0.777. The predicted molar refractivity (Wildman–Crippen MR) is 110 cm³/mol. The number of aromatic nitrogens is 2. The molecular weight excluding hydrogens is 340 g/mol. The van der Waals surface area contributed by atoms with E-state index in [1.54, 1.807) is 0 Å². The van der Waals surface area contributed by atoms with Gasteiger partial charge >= 0.3 is 0 Å². The summed E-state index contributed by atoms with van der Waals surface area (Å²) in [5.41, 5.74) is 4.26. The van der Waals surface area contributed by atoms with Gasteiger partial charge in [-0.2, -0.15) is 0 Å². The van der Waals surface area contributed by atoms with Crippen molar-refractivity contribution in [1.82, 2.24) is 9.38 Å². The summed E-state index contributed by atoms with van der Waals surface area (Å²) in [5, 5.41) is 6.46. The predicted octanol–water partition coefficient (Wildman–Crippen LogP) is 6.60. The lowest BCUT2D eigenvalue weighted by Gasteiger charge is -2.12. The molecule has 0 N–H and O–H groups in total. The molecule has 0 unspecified atom stereocenters. The lowest BCUT2D eigenvalue weighted by atomic mass is 9.99. The second-order valence-corrected chi connectivity index (χ2v) is 7.01. The van der Waals surface area contributed by atoms with E-state index < -0.39 is 0 Å². The molecule has 0 aliphatic carbocycles. The number of hydrogen-bond donors (Lipinski definition) is 0. The van der Waals surface area contributed by atoms with E-state index in [4.69, 9.17) is 16.6 Å². The maximum absolute atomic E-state index is 6.64. The Morgan fingerprint density at radius 3 is 2.15 bits per heavy atom. The van der Waals surface area contributed by atoms with Gasteiger partial charge in [-0.25, -0.2) is 4.98 Å². The molecule has 0 atom stereocenters. The van der Waals surface area contributed by atoms with Gasteiger partial charge in [-0.05, 0) is 35.0 Å². The zero-order valence-electron chi connectivity index (χ0n) is 13.8. The van der Waals surface area contributed by atoms with Crippen LogP contribution in [0.15, 0.2) is 78.9 Å². The molecule has 0 bridgehead atoms. The fraction of sp³-hybridized carbons (Fsp3) is 0. The van der Waals surface area contributed by atoms with E-state index in [2.05, 4.69) is 71.1 Å². The monoisotopic (exact) mass is 352 g/mol. The van der Waals surface area contributed by atoms with Crippen LogP contribution < -0.4 is 0 Å². The van der Waals surface area contributed by atoms with Gasteiger partial charge in [0.25, 0.3) is 0 Å². The number of fused-ring (bicyclic) bond motifs is 10. The topological polar surface area (TPSA) is 17.3 Å². The van der Waals surface area contributed by atoms with Crippen LogP contribution in [0.5, 0.6) is 0 Å². The first-order valence-corrected chi connectivity index (χ1v) is 8.99. The number of halogens is 1. The third-order valence-electron chi connectivity index (χ3n) is 5.21. The Bertz CT molecular complexity index is 1490. The van der Waals surface area contributed by atoms with Gasteiger partial charge in [-0.1, -0.05) is 66.2 Å². The van der Waals surface area contributed by atoms with Crippen LogP contribution >= 0.6 is 11.6 Å². The Morgan fingerprint density at radius 1 is 0.654 bits per heavy atom. The number of hydrogen-bond acceptors (Lipinski definition) is 1. The fourth-order valence-corrected chi connectivity index (χ4v) is 4.39. The van der Waals surface area contributed by atoms with Gasteiger partial charge in [0, 0.05) is 21.2 Å². The first kappa shape index (κ1) is 14.1. The molecule has 0 saturated carbocycles.